The number of aryl methyl sites for hydroxylation is 1. The average Bonchev–Trinajstić information content (AvgIpc) is 2.49. The molecule has 0 fully saturated rings. The molecule has 0 aliphatic heterocycles. The second-order valence-corrected chi connectivity index (χ2v) is 4.10. The Morgan fingerprint density at radius 1 is 1.38 bits per heavy atom. The number of hydrogen-bond acceptors (Lipinski definition) is 2. The molecule has 2 rings (SSSR count). The van der Waals surface area contributed by atoms with E-state index in [-0.39, 0.29) is 0 Å². The Bertz CT molecular complexity index is 417. The molecule has 0 aliphatic carbocycles. The summed E-state index contributed by atoms with van der Waals surface area (Å²) in [5.41, 5.74) is 1.41. The Labute approximate surface area is 81.6 Å². The van der Waals surface area contributed by atoms with Crippen LogP contribution in [0.5, 0.6) is 5.75 Å². The average molecular weight is 192 g/mol. The molecule has 0 atom stereocenters. The largest absolute Gasteiger partial charge is 0.508 e. The lowest BCUT2D eigenvalue weighted by Gasteiger charge is -1.96. The summed E-state index contributed by atoms with van der Waals surface area (Å²) in [6.45, 7) is 2.18. The van der Waals surface area contributed by atoms with Crippen molar-refractivity contribution in [2.45, 2.75) is 19.8 Å². The van der Waals surface area contributed by atoms with E-state index in [0.29, 0.717) is 5.75 Å². The topological polar surface area (TPSA) is 20.2 Å². The maximum absolute atomic E-state index is 9.28. The number of fused-ring (bicyclic) bond motifs is 1. The van der Waals surface area contributed by atoms with Crippen LogP contribution in [-0.4, -0.2) is 5.11 Å². The SMILES string of the molecule is CCCc1csc2cc(O)ccc12. The Hall–Kier alpha value is -1.02. The van der Waals surface area contributed by atoms with Gasteiger partial charge in [-0.2, -0.15) is 0 Å². The van der Waals surface area contributed by atoms with Gasteiger partial charge in [-0.25, -0.2) is 0 Å². The Morgan fingerprint density at radius 2 is 2.23 bits per heavy atom. The van der Waals surface area contributed by atoms with Crippen LogP contribution in [0.1, 0.15) is 18.9 Å². The summed E-state index contributed by atoms with van der Waals surface area (Å²) >= 11 is 1.71. The molecule has 0 saturated carbocycles. The van der Waals surface area contributed by atoms with Gasteiger partial charge in [-0.1, -0.05) is 13.3 Å². The minimum atomic E-state index is 0.359. The second kappa shape index (κ2) is 3.38. The summed E-state index contributed by atoms with van der Waals surface area (Å²) in [6.07, 6.45) is 2.30. The van der Waals surface area contributed by atoms with Gasteiger partial charge in [0.2, 0.25) is 0 Å². The molecule has 1 heterocycles. The van der Waals surface area contributed by atoms with Crippen molar-refractivity contribution in [1.82, 2.24) is 0 Å². The fraction of sp³-hybridized carbons (Fsp3) is 0.273. The molecule has 1 N–H and O–H groups in total. The second-order valence-electron chi connectivity index (χ2n) is 3.19. The molecular formula is C11H12OS. The van der Waals surface area contributed by atoms with E-state index in [4.69, 9.17) is 0 Å². The molecule has 0 aliphatic rings. The van der Waals surface area contributed by atoms with Gasteiger partial charge in [0.05, 0.1) is 0 Å². The summed E-state index contributed by atoms with van der Waals surface area (Å²) in [7, 11) is 0. The van der Waals surface area contributed by atoms with Gasteiger partial charge in [0.25, 0.3) is 0 Å². The smallest absolute Gasteiger partial charge is 0.117 e. The van der Waals surface area contributed by atoms with Crippen molar-refractivity contribution in [2.24, 2.45) is 0 Å². The molecule has 0 bridgehead atoms. The van der Waals surface area contributed by atoms with E-state index in [1.165, 1.54) is 22.1 Å². The number of benzene rings is 1. The first-order valence-corrected chi connectivity index (χ1v) is 5.38. The van der Waals surface area contributed by atoms with Crippen LogP contribution in [0.4, 0.5) is 0 Å². The van der Waals surface area contributed by atoms with E-state index in [1.54, 1.807) is 17.4 Å². The van der Waals surface area contributed by atoms with Gasteiger partial charge in [-0.3, -0.25) is 0 Å². The van der Waals surface area contributed by atoms with Crippen molar-refractivity contribution in [2.75, 3.05) is 0 Å². The third-order valence-electron chi connectivity index (χ3n) is 2.16. The first kappa shape index (κ1) is 8.57. The van der Waals surface area contributed by atoms with Crippen LogP contribution in [0.25, 0.3) is 10.1 Å². The third kappa shape index (κ3) is 1.54. The zero-order valence-corrected chi connectivity index (χ0v) is 8.40. The molecule has 2 heteroatoms. The van der Waals surface area contributed by atoms with Crippen LogP contribution >= 0.6 is 11.3 Å². The molecule has 0 spiro atoms. The van der Waals surface area contributed by atoms with Crippen molar-refractivity contribution < 1.29 is 5.11 Å². The summed E-state index contributed by atoms with van der Waals surface area (Å²) in [5.74, 6) is 0.359. The molecule has 1 aromatic heterocycles. The predicted molar refractivity (Wildman–Crippen MR) is 57.5 cm³/mol. The minimum Gasteiger partial charge on any atom is -0.508 e. The Balaban J connectivity index is 2.55. The fourth-order valence-corrected chi connectivity index (χ4v) is 2.56. The monoisotopic (exact) mass is 192 g/mol. The van der Waals surface area contributed by atoms with E-state index in [2.05, 4.69) is 12.3 Å². The molecule has 68 valence electrons. The molecule has 0 unspecified atom stereocenters. The molecular weight excluding hydrogens is 180 g/mol. The number of aromatic hydroxyl groups is 1. The molecule has 0 saturated heterocycles. The lowest BCUT2D eigenvalue weighted by molar-refractivity contribution is 0.476. The van der Waals surface area contributed by atoms with E-state index >= 15 is 0 Å². The summed E-state index contributed by atoms with van der Waals surface area (Å²) in [5, 5.41) is 12.8. The van der Waals surface area contributed by atoms with E-state index in [0.717, 1.165) is 6.42 Å². The molecule has 0 radical (unpaired) electrons. The van der Waals surface area contributed by atoms with Crippen LogP contribution in [0.3, 0.4) is 0 Å². The molecule has 13 heavy (non-hydrogen) atoms. The number of hydrogen-bond donors (Lipinski definition) is 1. The van der Waals surface area contributed by atoms with E-state index in [1.807, 2.05) is 12.1 Å². The third-order valence-corrected chi connectivity index (χ3v) is 3.15. The highest BCUT2D eigenvalue weighted by Gasteiger charge is 2.02. The van der Waals surface area contributed by atoms with Crippen molar-refractivity contribution in [3.05, 3.63) is 29.1 Å². The highest BCUT2D eigenvalue weighted by Crippen LogP contribution is 2.29. The zero-order chi connectivity index (χ0) is 9.26. The maximum atomic E-state index is 9.28. The first-order chi connectivity index (χ1) is 6.31. The van der Waals surface area contributed by atoms with Crippen LogP contribution in [0.15, 0.2) is 23.6 Å². The normalized spacial score (nSPS) is 10.8. The summed E-state index contributed by atoms with van der Waals surface area (Å²) in [4.78, 5) is 0. The lowest BCUT2D eigenvalue weighted by Crippen LogP contribution is -1.78. The van der Waals surface area contributed by atoms with Gasteiger partial charge in [-0.15, -0.1) is 11.3 Å². The Kier molecular flexibility index (Phi) is 2.23. The predicted octanol–water partition coefficient (Wildman–Crippen LogP) is 3.56. The number of rotatable bonds is 2. The van der Waals surface area contributed by atoms with Gasteiger partial charge in [0.1, 0.15) is 5.75 Å². The molecule has 1 aromatic carbocycles. The number of thiophene rings is 1. The van der Waals surface area contributed by atoms with Gasteiger partial charge < -0.3 is 5.11 Å². The van der Waals surface area contributed by atoms with Crippen LogP contribution in [0, 0.1) is 0 Å². The van der Waals surface area contributed by atoms with Crippen molar-refractivity contribution >= 4 is 21.4 Å². The minimum absolute atomic E-state index is 0.359. The lowest BCUT2D eigenvalue weighted by atomic mass is 10.1. The van der Waals surface area contributed by atoms with E-state index < -0.39 is 0 Å². The van der Waals surface area contributed by atoms with Crippen LogP contribution in [-0.2, 0) is 6.42 Å². The highest BCUT2D eigenvalue weighted by atomic mass is 32.1. The van der Waals surface area contributed by atoms with Gasteiger partial charge >= 0.3 is 0 Å². The van der Waals surface area contributed by atoms with Crippen molar-refractivity contribution in [1.29, 1.82) is 0 Å². The highest BCUT2D eigenvalue weighted by molar-refractivity contribution is 7.17. The summed E-state index contributed by atoms with van der Waals surface area (Å²) in [6, 6.07) is 5.60. The van der Waals surface area contributed by atoms with Crippen LogP contribution < -0.4 is 0 Å². The van der Waals surface area contributed by atoms with Gasteiger partial charge in [0.15, 0.2) is 0 Å². The quantitative estimate of drug-likeness (QED) is 0.771. The van der Waals surface area contributed by atoms with Crippen LogP contribution in [0.2, 0.25) is 0 Å². The molecule has 0 amide bonds. The molecule has 2 aromatic rings. The maximum Gasteiger partial charge on any atom is 0.117 e. The molecule has 1 nitrogen and oxygen atoms in total. The van der Waals surface area contributed by atoms with Crippen molar-refractivity contribution in [3.8, 4) is 5.75 Å². The van der Waals surface area contributed by atoms with E-state index in [9.17, 15) is 5.11 Å². The van der Waals surface area contributed by atoms with Gasteiger partial charge in [-0.05, 0) is 40.9 Å². The standard InChI is InChI=1S/C11H12OS/c1-2-3-8-7-13-11-6-9(12)4-5-10(8)11/h4-7,12H,2-3H2,1H3. The number of phenols is 1. The first-order valence-electron chi connectivity index (χ1n) is 4.50. The van der Waals surface area contributed by atoms with Crippen molar-refractivity contribution in [3.63, 3.8) is 0 Å². The number of phenolic OH excluding ortho intramolecular Hbond substituents is 1. The zero-order valence-electron chi connectivity index (χ0n) is 7.58. The van der Waals surface area contributed by atoms with Gasteiger partial charge in [0, 0.05) is 4.70 Å². The Morgan fingerprint density at radius 3 is 3.00 bits per heavy atom. The summed E-state index contributed by atoms with van der Waals surface area (Å²) < 4.78 is 1.18. The fourth-order valence-electron chi connectivity index (χ4n) is 1.53.